The first-order valence-electron chi connectivity index (χ1n) is 9.81. The maximum absolute atomic E-state index is 13.2. The van der Waals surface area contributed by atoms with Crippen molar-refractivity contribution < 1.29 is 32.2 Å². The summed E-state index contributed by atoms with van der Waals surface area (Å²) >= 11 is 1.08. The molecule has 0 radical (unpaired) electrons. The first kappa shape index (κ1) is 23.8. The molecule has 1 aromatic heterocycles. The number of halogens is 3. The van der Waals surface area contributed by atoms with Gasteiger partial charge in [0.1, 0.15) is 10.6 Å². The number of ether oxygens (including phenoxy) is 2. The number of carbonyl (C=O) groups excluding carboxylic acids is 2. The number of aromatic nitrogens is 1. The van der Waals surface area contributed by atoms with Gasteiger partial charge in [0.25, 0.3) is 5.91 Å². The summed E-state index contributed by atoms with van der Waals surface area (Å²) in [7, 11) is 1.63. The minimum absolute atomic E-state index is 0.0149. The molecule has 1 unspecified atom stereocenters. The van der Waals surface area contributed by atoms with E-state index in [1.54, 1.807) is 14.0 Å². The number of aryl methyl sites for hydroxylation is 1. The topological polar surface area (TPSA) is 92.8 Å². The summed E-state index contributed by atoms with van der Waals surface area (Å²) < 4.78 is 54.4. The van der Waals surface area contributed by atoms with Gasteiger partial charge in [-0.15, -0.1) is 0 Å². The number of hydrogen-bond acceptors (Lipinski definition) is 8. The predicted molar refractivity (Wildman–Crippen MR) is 114 cm³/mol. The second kappa shape index (κ2) is 9.74. The molecule has 8 nitrogen and oxygen atoms in total. The average Bonchev–Trinajstić information content (AvgIpc) is 3.14. The molecule has 12 heteroatoms. The van der Waals surface area contributed by atoms with Gasteiger partial charge >= 0.3 is 12.1 Å². The Labute approximate surface area is 186 Å². The molecule has 0 bridgehead atoms. The van der Waals surface area contributed by atoms with Gasteiger partial charge in [0, 0.05) is 20.1 Å². The van der Waals surface area contributed by atoms with Crippen LogP contribution < -0.4 is 15.5 Å². The van der Waals surface area contributed by atoms with E-state index >= 15 is 0 Å². The van der Waals surface area contributed by atoms with E-state index in [4.69, 9.17) is 9.47 Å². The summed E-state index contributed by atoms with van der Waals surface area (Å²) in [4.78, 5) is 27.1. The molecule has 1 aliphatic rings. The number of morpholine rings is 1. The van der Waals surface area contributed by atoms with Crippen molar-refractivity contribution in [2.45, 2.75) is 26.1 Å². The predicted octanol–water partition coefficient (Wildman–Crippen LogP) is 3.53. The highest BCUT2D eigenvalue weighted by Crippen LogP contribution is 2.36. The van der Waals surface area contributed by atoms with E-state index in [0.29, 0.717) is 42.7 Å². The molecule has 3 rings (SSSR count). The van der Waals surface area contributed by atoms with Gasteiger partial charge in [-0.3, -0.25) is 4.79 Å². The molecule has 0 saturated carbocycles. The third-order valence-corrected chi connectivity index (χ3v) is 5.84. The van der Waals surface area contributed by atoms with Gasteiger partial charge in [-0.1, -0.05) is 0 Å². The Balaban J connectivity index is 1.80. The third kappa shape index (κ3) is 5.30. The van der Waals surface area contributed by atoms with Crippen molar-refractivity contribution in [1.29, 1.82) is 0 Å². The molecular formula is C20H23F3N4O4S. The Hall–Kier alpha value is -2.86. The molecule has 1 aromatic carbocycles. The Kier molecular flexibility index (Phi) is 7.24. The van der Waals surface area contributed by atoms with Crippen molar-refractivity contribution in [3.63, 3.8) is 0 Å². The van der Waals surface area contributed by atoms with E-state index in [2.05, 4.69) is 15.0 Å². The van der Waals surface area contributed by atoms with E-state index in [1.807, 2.05) is 4.90 Å². The fourth-order valence-electron chi connectivity index (χ4n) is 3.18. The number of benzene rings is 1. The monoisotopic (exact) mass is 472 g/mol. The number of rotatable bonds is 6. The summed E-state index contributed by atoms with van der Waals surface area (Å²) in [6, 6.07) is 3.17. The first-order valence-corrected chi connectivity index (χ1v) is 10.6. The summed E-state index contributed by atoms with van der Waals surface area (Å²) in [6.45, 7) is 4.76. The summed E-state index contributed by atoms with van der Waals surface area (Å²) in [5, 5.41) is 5.82. The highest BCUT2D eigenvalue weighted by molar-refractivity contribution is 7.10. The number of nitrogens with one attached hydrogen (secondary N) is 2. The van der Waals surface area contributed by atoms with Gasteiger partial charge in [-0.05, 0) is 43.6 Å². The van der Waals surface area contributed by atoms with Crippen LogP contribution in [-0.2, 0) is 20.4 Å². The van der Waals surface area contributed by atoms with Crippen molar-refractivity contribution in [2.75, 3.05) is 48.9 Å². The van der Waals surface area contributed by atoms with Crippen LogP contribution in [0.5, 0.6) is 0 Å². The Morgan fingerprint density at radius 1 is 1.28 bits per heavy atom. The zero-order valence-electron chi connectivity index (χ0n) is 17.7. The molecule has 1 fully saturated rings. The summed E-state index contributed by atoms with van der Waals surface area (Å²) in [6.07, 6.45) is -5.83. The van der Waals surface area contributed by atoms with Crippen LogP contribution in [0.4, 0.5) is 29.5 Å². The van der Waals surface area contributed by atoms with Crippen molar-refractivity contribution in [3.05, 3.63) is 35.0 Å². The van der Waals surface area contributed by atoms with E-state index in [-0.39, 0.29) is 11.3 Å². The van der Waals surface area contributed by atoms with Crippen LogP contribution in [0.1, 0.15) is 28.5 Å². The van der Waals surface area contributed by atoms with Crippen molar-refractivity contribution in [2.24, 2.45) is 0 Å². The van der Waals surface area contributed by atoms with Crippen LogP contribution in [0.25, 0.3) is 0 Å². The number of amides is 1. The van der Waals surface area contributed by atoms with Gasteiger partial charge in [-0.25, -0.2) is 4.79 Å². The van der Waals surface area contributed by atoms with E-state index in [0.717, 1.165) is 23.7 Å². The average molecular weight is 472 g/mol. The zero-order chi connectivity index (χ0) is 23.5. The lowest BCUT2D eigenvalue weighted by molar-refractivity contribution is -0.137. The molecule has 2 aromatic rings. The van der Waals surface area contributed by atoms with Crippen LogP contribution >= 0.6 is 11.5 Å². The smallest absolute Gasteiger partial charge is 0.416 e. The maximum Gasteiger partial charge on any atom is 0.416 e. The van der Waals surface area contributed by atoms with Crippen LogP contribution in [0.15, 0.2) is 18.2 Å². The van der Waals surface area contributed by atoms with Gasteiger partial charge in [0.05, 0.1) is 35.8 Å². The molecule has 1 aliphatic heterocycles. The Bertz CT molecular complexity index is 990. The number of carbonyl (C=O) groups is 2. The van der Waals surface area contributed by atoms with Crippen molar-refractivity contribution >= 4 is 39.8 Å². The fourth-order valence-corrected chi connectivity index (χ4v) is 3.91. The van der Waals surface area contributed by atoms with E-state index < -0.39 is 29.7 Å². The Morgan fingerprint density at radius 3 is 2.59 bits per heavy atom. The molecule has 2 heterocycles. The third-order valence-electron chi connectivity index (χ3n) is 4.88. The van der Waals surface area contributed by atoms with E-state index in [9.17, 15) is 22.8 Å². The van der Waals surface area contributed by atoms with Crippen molar-refractivity contribution in [3.8, 4) is 0 Å². The van der Waals surface area contributed by atoms with Crippen LogP contribution in [-0.4, -0.2) is 55.7 Å². The quantitative estimate of drug-likeness (QED) is 0.622. The molecule has 1 amide bonds. The standard InChI is InChI=1S/C20H23F3N4O4S/c1-11-16(18(24-3)32-26-11)19(29)31-12(2)17(28)25-14-10-13(20(21,22)23)4-5-15(14)27-6-8-30-9-7-27/h4-5,10,12,24H,6-9H2,1-3H3,(H,25,28). The molecule has 0 spiro atoms. The van der Waals surface area contributed by atoms with Crippen LogP contribution in [0.2, 0.25) is 0 Å². The van der Waals surface area contributed by atoms with Gasteiger partial charge in [-0.2, -0.15) is 17.5 Å². The molecule has 32 heavy (non-hydrogen) atoms. The van der Waals surface area contributed by atoms with Gasteiger partial charge in [0.2, 0.25) is 0 Å². The second-order valence-corrected chi connectivity index (χ2v) is 7.86. The minimum atomic E-state index is -4.58. The minimum Gasteiger partial charge on any atom is -0.449 e. The molecule has 174 valence electrons. The number of alkyl halides is 3. The number of esters is 1. The number of anilines is 3. The molecular weight excluding hydrogens is 449 g/mol. The zero-order valence-corrected chi connectivity index (χ0v) is 18.5. The number of nitrogens with zero attached hydrogens (tertiary/aromatic N) is 2. The number of hydrogen-bond donors (Lipinski definition) is 2. The lowest BCUT2D eigenvalue weighted by Gasteiger charge is -2.31. The van der Waals surface area contributed by atoms with E-state index in [1.165, 1.54) is 13.0 Å². The molecule has 1 atom stereocenters. The van der Waals surface area contributed by atoms with Crippen LogP contribution in [0.3, 0.4) is 0 Å². The molecule has 2 N–H and O–H groups in total. The first-order chi connectivity index (χ1) is 15.1. The Morgan fingerprint density at radius 2 is 1.97 bits per heavy atom. The largest absolute Gasteiger partial charge is 0.449 e. The van der Waals surface area contributed by atoms with Crippen LogP contribution in [0, 0.1) is 6.92 Å². The molecule has 0 aliphatic carbocycles. The van der Waals surface area contributed by atoms with Crippen molar-refractivity contribution in [1.82, 2.24) is 4.37 Å². The highest BCUT2D eigenvalue weighted by atomic mass is 32.1. The lowest BCUT2D eigenvalue weighted by Crippen LogP contribution is -2.37. The fraction of sp³-hybridized carbons (Fsp3) is 0.450. The summed E-state index contributed by atoms with van der Waals surface area (Å²) in [5.74, 6) is -1.50. The maximum atomic E-state index is 13.2. The lowest BCUT2D eigenvalue weighted by atomic mass is 10.1. The highest BCUT2D eigenvalue weighted by Gasteiger charge is 2.32. The van der Waals surface area contributed by atoms with Gasteiger partial charge in [0.15, 0.2) is 6.10 Å². The second-order valence-electron chi connectivity index (χ2n) is 7.09. The SMILES string of the molecule is CNc1snc(C)c1C(=O)OC(C)C(=O)Nc1cc(C(F)(F)F)ccc1N1CCOCC1. The normalized spacial score (nSPS) is 15.2. The summed E-state index contributed by atoms with van der Waals surface area (Å²) in [5.41, 5.74) is 0.185. The molecule has 1 saturated heterocycles. The van der Waals surface area contributed by atoms with Gasteiger partial charge < -0.3 is 25.0 Å².